The van der Waals surface area contributed by atoms with E-state index in [1.165, 1.54) is 0 Å². The van der Waals surface area contributed by atoms with Gasteiger partial charge in [0.15, 0.2) is 5.01 Å². The van der Waals surface area contributed by atoms with Crippen molar-refractivity contribution in [2.45, 2.75) is 11.5 Å². The van der Waals surface area contributed by atoms with E-state index in [9.17, 15) is 8.78 Å². The first-order valence-corrected chi connectivity index (χ1v) is 7.55. The van der Waals surface area contributed by atoms with Gasteiger partial charge in [-0.15, -0.1) is 11.3 Å². The van der Waals surface area contributed by atoms with Gasteiger partial charge < -0.3 is 9.71 Å². The van der Waals surface area contributed by atoms with Crippen LogP contribution in [-0.4, -0.2) is 9.97 Å². The molecule has 0 spiro atoms. The number of nitriles is 1. The molecular formula is C13H8F2N4S2. The second-order valence-corrected chi connectivity index (χ2v) is 5.79. The molecule has 0 aliphatic carbocycles. The van der Waals surface area contributed by atoms with E-state index in [4.69, 9.17) is 5.26 Å². The maximum absolute atomic E-state index is 12.5. The van der Waals surface area contributed by atoms with Crippen molar-refractivity contribution < 1.29 is 8.78 Å². The van der Waals surface area contributed by atoms with Gasteiger partial charge in [-0.1, -0.05) is 12.1 Å². The Labute approximate surface area is 127 Å². The molecule has 0 unspecified atom stereocenters. The number of fused-ring (bicyclic) bond motifs is 1. The van der Waals surface area contributed by atoms with Crippen molar-refractivity contribution in [1.29, 1.82) is 5.26 Å². The molecule has 8 heteroatoms. The quantitative estimate of drug-likeness (QED) is 0.692. The number of H-pyrrole nitrogens is 1. The van der Waals surface area contributed by atoms with E-state index >= 15 is 0 Å². The zero-order valence-corrected chi connectivity index (χ0v) is 12.1. The molecule has 0 atom stereocenters. The molecule has 21 heavy (non-hydrogen) atoms. The van der Waals surface area contributed by atoms with Crippen molar-refractivity contribution in [3.63, 3.8) is 0 Å². The van der Waals surface area contributed by atoms with Crippen LogP contribution >= 0.6 is 23.3 Å². The van der Waals surface area contributed by atoms with E-state index in [1.54, 1.807) is 11.6 Å². The molecule has 2 heterocycles. The molecule has 2 aromatic heterocycles. The highest BCUT2D eigenvalue weighted by atomic mass is 32.2. The fourth-order valence-electron chi connectivity index (χ4n) is 1.86. The lowest BCUT2D eigenvalue weighted by Gasteiger charge is -2.04. The summed E-state index contributed by atoms with van der Waals surface area (Å²) < 4.78 is 28.0. The Morgan fingerprint density at radius 2 is 2.29 bits per heavy atom. The number of aromatic amines is 1. The maximum Gasteiger partial charge on any atom is 0.289 e. The number of rotatable bonds is 4. The zero-order valence-electron chi connectivity index (χ0n) is 10.4. The number of thiazole rings is 1. The average Bonchev–Trinajstić information content (AvgIpc) is 3.11. The highest BCUT2D eigenvalue weighted by molar-refractivity contribution is 8.00. The highest BCUT2D eigenvalue weighted by Crippen LogP contribution is 2.31. The maximum atomic E-state index is 12.5. The highest BCUT2D eigenvalue weighted by Gasteiger charge is 2.13. The summed E-state index contributed by atoms with van der Waals surface area (Å²) in [4.78, 5) is 6.86. The fourth-order valence-corrected chi connectivity index (χ4v) is 3.31. The number of halogens is 2. The van der Waals surface area contributed by atoms with Gasteiger partial charge in [-0.25, -0.2) is 13.8 Å². The molecule has 3 aromatic rings. The van der Waals surface area contributed by atoms with Crippen molar-refractivity contribution in [3.8, 4) is 6.07 Å². The first-order chi connectivity index (χ1) is 10.2. The second kappa shape index (κ2) is 5.71. The van der Waals surface area contributed by atoms with Crippen molar-refractivity contribution in [2.24, 2.45) is 0 Å². The van der Waals surface area contributed by atoms with Gasteiger partial charge in [-0.3, -0.25) is 0 Å². The number of benzene rings is 1. The van der Waals surface area contributed by atoms with E-state index in [0.717, 1.165) is 39.9 Å². The molecule has 106 valence electrons. The van der Waals surface area contributed by atoms with Crippen LogP contribution in [0.3, 0.4) is 0 Å². The van der Waals surface area contributed by atoms with Crippen molar-refractivity contribution in [1.82, 2.24) is 9.97 Å². The van der Waals surface area contributed by atoms with Crippen LogP contribution in [0.25, 0.3) is 10.9 Å². The van der Waals surface area contributed by atoms with Crippen LogP contribution in [0.1, 0.15) is 17.0 Å². The van der Waals surface area contributed by atoms with Gasteiger partial charge in [0.05, 0.1) is 16.8 Å². The third kappa shape index (κ3) is 2.70. The standard InChI is InChI=1S/C13H8F2N4S2/c14-12(15)13-18-10(6-20-13)21-19-9-3-1-2-8-7(4-16)5-17-11(8)9/h1-3,5-6,12,17,19H. The smallest absolute Gasteiger partial charge is 0.289 e. The third-order valence-corrected chi connectivity index (χ3v) is 4.53. The van der Waals surface area contributed by atoms with E-state index in [2.05, 4.69) is 20.8 Å². The lowest BCUT2D eigenvalue weighted by molar-refractivity contribution is 0.150. The van der Waals surface area contributed by atoms with Crippen LogP contribution in [0, 0.1) is 11.3 Å². The topological polar surface area (TPSA) is 64.5 Å². The normalized spacial score (nSPS) is 11.0. The fraction of sp³-hybridized carbons (Fsp3) is 0.0769. The van der Waals surface area contributed by atoms with Crippen LogP contribution in [0.4, 0.5) is 14.5 Å². The van der Waals surface area contributed by atoms with E-state index in [0.29, 0.717) is 10.6 Å². The number of nitrogens with zero attached hydrogens (tertiary/aromatic N) is 2. The van der Waals surface area contributed by atoms with E-state index < -0.39 is 6.43 Å². The van der Waals surface area contributed by atoms with Gasteiger partial charge >= 0.3 is 0 Å². The van der Waals surface area contributed by atoms with Gasteiger partial charge in [0, 0.05) is 28.9 Å². The molecule has 0 aliphatic rings. The largest absolute Gasteiger partial charge is 0.358 e. The number of hydrogen-bond acceptors (Lipinski definition) is 5. The third-order valence-electron chi connectivity index (χ3n) is 2.79. The number of para-hydroxylation sites is 1. The predicted octanol–water partition coefficient (Wildman–Crippen LogP) is 4.55. The lowest BCUT2D eigenvalue weighted by atomic mass is 10.2. The summed E-state index contributed by atoms with van der Waals surface area (Å²) >= 11 is 2.09. The molecule has 0 saturated heterocycles. The molecular weight excluding hydrogens is 314 g/mol. The summed E-state index contributed by atoms with van der Waals surface area (Å²) in [6.45, 7) is 0. The Hall–Kier alpha value is -2.11. The minimum absolute atomic E-state index is 0.191. The summed E-state index contributed by atoms with van der Waals surface area (Å²) in [5.74, 6) is 0. The average molecular weight is 322 g/mol. The van der Waals surface area contributed by atoms with Crippen molar-refractivity contribution in [2.75, 3.05) is 4.72 Å². The van der Waals surface area contributed by atoms with E-state index in [1.807, 2.05) is 18.2 Å². The molecule has 4 nitrogen and oxygen atoms in total. The minimum atomic E-state index is -2.55. The molecule has 1 aromatic carbocycles. The lowest BCUT2D eigenvalue weighted by Crippen LogP contribution is -1.89. The van der Waals surface area contributed by atoms with Crippen molar-refractivity contribution in [3.05, 3.63) is 40.3 Å². The SMILES string of the molecule is N#Cc1c[nH]c2c(NSc3csc(C(F)F)n3)cccc12. The first kappa shape index (κ1) is 13.9. The zero-order chi connectivity index (χ0) is 14.8. The molecule has 0 bridgehead atoms. The van der Waals surface area contributed by atoms with E-state index in [-0.39, 0.29) is 5.01 Å². The van der Waals surface area contributed by atoms with Crippen LogP contribution < -0.4 is 4.72 Å². The number of anilines is 1. The van der Waals surface area contributed by atoms with Gasteiger partial charge in [0.1, 0.15) is 11.1 Å². The number of nitrogens with one attached hydrogen (secondary N) is 2. The molecule has 0 saturated carbocycles. The van der Waals surface area contributed by atoms with Gasteiger partial charge in [0.25, 0.3) is 6.43 Å². The number of aromatic nitrogens is 2. The number of alkyl halides is 2. The molecule has 3 rings (SSSR count). The van der Waals surface area contributed by atoms with Crippen molar-refractivity contribution >= 4 is 39.9 Å². The monoisotopic (exact) mass is 322 g/mol. The summed E-state index contributed by atoms with van der Waals surface area (Å²) in [6, 6.07) is 7.62. The second-order valence-electron chi connectivity index (χ2n) is 4.07. The predicted molar refractivity (Wildman–Crippen MR) is 79.6 cm³/mol. The molecule has 0 aliphatic heterocycles. The van der Waals surface area contributed by atoms with Crippen LogP contribution in [0.2, 0.25) is 0 Å². The summed E-state index contributed by atoms with van der Waals surface area (Å²) in [5.41, 5.74) is 2.13. The van der Waals surface area contributed by atoms with Gasteiger partial charge in [-0.2, -0.15) is 5.26 Å². The Morgan fingerprint density at radius 1 is 1.43 bits per heavy atom. The Kier molecular flexibility index (Phi) is 3.77. The Bertz CT molecular complexity index is 819. The minimum Gasteiger partial charge on any atom is -0.358 e. The van der Waals surface area contributed by atoms with Crippen LogP contribution in [0.15, 0.2) is 34.8 Å². The molecule has 0 radical (unpaired) electrons. The summed E-state index contributed by atoms with van der Waals surface area (Å²) in [6.07, 6.45) is -0.910. The summed E-state index contributed by atoms with van der Waals surface area (Å²) in [5, 5.41) is 11.7. The molecule has 0 fully saturated rings. The van der Waals surface area contributed by atoms with Gasteiger partial charge in [0.2, 0.25) is 0 Å². The Morgan fingerprint density at radius 3 is 3.00 bits per heavy atom. The summed E-state index contributed by atoms with van der Waals surface area (Å²) in [7, 11) is 0. The van der Waals surface area contributed by atoms with Gasteiger partial charge in [-0.05, 0) is 6.07 Å². The molecule has 0 amide bonds. The Balaban J connectivity index is 1.82. The number of hydrogen-bond donors (Lipinski definition) is 2. The van der Waals surface area contributed by atoms with Crippen LogP contribution in [0.5, 0.6) is 0 Å². The first-order valence-electron chi connectivity index (χ1n) is 5.85. The molecule has 2 N–H and O–H groups in total. The van der Waals surface area contributed by atoms with Crippen LogP contribution in [-0.2, 0) is 0 Å².